The van der Waals surface area contributed by atoms with Crippen LogP contribution < -0.4 is 9.64 Å². The third-order valence-corrected chi connectivity index (χ3v) is 6.94. The second-order valence-electron chi connectivity index (χ2n) is 7.88. The van der Waals surface area contributed by atoms with Gasteiger partial charge in [0.2, 0.25) is 11.8 Å². The van der Waals surface area contributed by atoms with Crippen LogP contribution in [0.4, 0.5) is 5.69 Å². The molecule has 2 amide bonds. The Bertz CT molecular complexity index is 1020. The number of ether oxygens (including phenoxy) is 1. The van der Waals surface area contributed by atoms with Crippen LogP contribution in [0.2, 0.25) is 10.0 Å². The highest BCUT2D eigenvalue weighted by Crippen LogP contribution is 2.57. The van der Waals surface area contributed by atoms with E-state index in [0.29, 0.717) is 10.7 Å². The minimum absolute atomic E-state index is 0.150. The van der Waals surface area contributed by atoms with Crippen molar-refractivity contribution in [2.75, 3.05) is 4.90 Å². The Morgan fingerprint density at radius 3 is 2.28 bits per heavy atom. The number of carbonyl (C=O) groups excluding carboxylic acids is 3. The summed E-state index contributed by atoms with van der Waals surface area (Å²) in [6, 6.07) is 11.1. The molecule has 148 valence electrons. The number of benzene rings is 2. The maximum atomic E-state index is 13.1. The molecule has 2 bridgehead atoms. The molecular formula is C22H17Cl2NO4. The molecule has 0 radical (unpaired) electrons. The highest BCUT2D eigenvalue weighted by molar-refractivity contribution is 6.36. The summed E-state index contributed by atoms with van der Waals surface area (Å²) in [5, 5.41) is 0.570. The lowest BCUT2D eigenvalue weighted by molar-refractivity contribution is -0.123. The van der Waals surface area contributed by atoms with Crippen LogP contribution in [-0.4, -0.2) is 17.8 Å². The number of imide groups is 1. The Kier molecular flexibility index (Phi) is 4.41. The second kappa shape index (κ2) is 6.85. The first kappa shape index (κ1) is 18.6. The maximum Gasteiger partial charge on any atom is 0.345 e. The van der Waals surface area contributed by atoms with Gasteiger partial charge in [-0.15, -0.1) is 0 Å². The van der Waals surface area contributed by atoms with Crippen LogP contribution in [0.5, 0.6) is 5.75 Å². The van der Waals surface area contributed by atoms with Crippen molar-refractivity contribution in [2.24, 2.45) is 23.7 Å². The van der Waals surface area contributed by atoms with E-state index in [-0.39, 0.29) is 51.8 Å². The summed E-state index contributed by atoms with van der Waals surface area (Å²) in [4.78, 5) is 40.1. The molecule has 3 fully saturated rings. The Morgan fingerprint density at radius 2 is 1.62 bits per heavy atom. The van der Waals surface area contributed by atoms with Crippen LogP contribution in [0.1, 0.15) is 29.6 Å². The van der Waals surface area contributed by atoms with Gasteiger partial charge in [0.25, 0.3) is 0 Å². The Labute approximate surface area is 177 Å². The zero-order valence-electron chi connectivity index (χ0n) is 15.3. The number of fused-ring (bicyclic) bond motifs is 5. The van der Waals surface area contributed by atoms with Gasteiger partial charge in [-0.25, -0.2) is 9.69 Å². The van der Waals surface area contributed by atoms with Gasteiger partial charge in [-0.1, -0.05) is 35.3 Å². The van der Waals surface area contributed by atoms with Gasteiger partial charge in [-0.2, -0.15) is 0 Å². The van der Waals surface area contributed by atoms with Crippen molar-refractivity contribution in [1.29, 1.82) is 0 Å². The molecule has 0 N–H and O–H groups in total. The number of halogens is 2. The number of hydrogen-bond donors (Lipinski definition) is 0. The average Bonchev–Trinajstić information content (AvgIpc) is 3.36. The molecule has 1 saturated heterocycles. The zero-order chi connectivity index (χ0) is 20.3. The number of hydrogen-bond acceptors (Lipinski definition) is 4. The molecule has 4 unspecified atom stereocenters. The number of esters is 1. The van der Waals surface area contributed by atoms with E-state index in [1.165, 1.54) is 17.0 Å². The molecular weight excluding hydrogens is 413 g/mol. The first-order valence-corrected chi connectivity index (χ1v) is 10.4. The molecule has 5 rings (SSSR count). The van der Waals surface area contributed by atoms with E-state index >= 15 is 0 Å². The van der Waals surface area contributed by atoms with E-state index in [1.807, 2.05) is 0 Å². The standard InChI is InChI=1S/C22H17Cl2NO4/c23-13-7-8-14(15(24)10-13)22(28)29-17-4-2-1-3-16(17)25-20(26)18-11-5-6-12(9-11)19(18)21(25)27/h1-4,7-8,10-12,18-19H,5-6,9H2. The van der Waals surface area contributed by atoms with Gasteiger partial charge in [0.05, 0.1) is 28.1 Å². The van der Waals surface area contributed by atoms with Gasteiger partial charge in [-0.3, -0.25) is 9.59 Å². The van der Waals surface area contributed by atoms with E-state index < -0.39 is 5.97 Å². The molecule has 5 nitrogen and oxygen atoms in total. The smallest absolute Gasteiger partial charge is 0.345 e. The van der Waals surface area contributed by atoms with Crippen molar-refractivity contribution in [3.63, 3.8) is 0 Å². The minimum Gasteiger partial charge on any atom is -0.421 e. The zero-order valence-corrected chi connectivity index (χ0v) is 16.8. The Hall–Kier alpha value is -2.37. The van der Waals surface area contributed by atoms with Gasteiger partial charge in [-0.05, 0) is 61.4 Å². The third kappa shape index (κ3) is 2.87. The number of amides is 2. The third-order valence-electron chi connectivity index (χ3n) is 6.39. The van der Waals surface area contributed by atoms with Gasteiger partial charge in [0, 0.05) is 5.02 Å². The largest absolute Gasteiger partial charge is 0.421 e. The average molecular weight is 430 g/mol. The fourth-order valence-electron chi connectivity index (χ4n) is 5.18. The van der Waals surface area contributed by atoms with E-state index in [4.69, 9.17) is 27.9 Å². The summed E-state index contributed by atoms with van der Waals surface area (Å²) in [6.45, 7) is 0. The number of nitrogens with zero attached hydrogens (tertiary/aromatic N) is 1. The lowest BCUT2D eigenvalue weighted by Gasteiger charge is -2.20. The highest BCUT2D eigenvalue weighted by Gasteiger charge is 2.61. The number of para-hydroxylation sites is 2. The number of carbonyl (C=O) groups is 3. The van der Waals surface area contributed by atoms with Crippen molar-refractivity contribution >= 4 is 46.7 Å². The van der Waals surface area contributed by atoms with Crippen molar-refractivity contribution in [1.82, 2.24) is 0 Å². The number of anilines is 1. The summed E-state index contributed by atoms with van der Waals surface area (Å²) in [6.07, 6.45) is 2.97. The molecule has 0 aromatic heterocycles. The SMILES string of the molecule is O=C(Oc1ccccc1N1C(=O)C2C3CCC(C3)C2C1=O)c1ccc(Cl)cc1Cl. The topological polar surface area (TPSA) is 63.7 Å². The van der Waals surface area contributed by atoms with Crippen molar-refractivity contribution in [2.45, 2.75) is 19.3 Å². The minimum atomic E-state index is -0.682. The summed E-state index contributed by atoms with van der Waals surface area (Å²) in [5.74, 6) is -0.800. The normalized spacial score (nSPS) is 27.4. The lowest BCUT2D eigenvalue weighted by Crippen LogP contribution is -2.33. The molecule has 2 aromatic carbocycles. The molecule has 2 saturated carbocycles. The molecule has 2 aliphatic carbocycles. The lowest BCUT2D eigenvalue weighted by atomic mass is 9.81. The van der Waals surface area contributed by atoms with Gasteiger partial charge in [0.1, 0.15) is 0 Å². The Morgan fingerprint density at radius 1 is 0.966 bits per heavy atom. The molecule has 2 aromatic rings. The van der Waals surface area contributed by atoms with E-state index in [1.54, 1.807) is 30.3 Å². The van der Waals surface area contributed by atoms with E-state index in [9.17, 15) is 14.4 Å². The quantitative estimate of drug-likeness (QED) is 0.401. The second-order valence-corrected chi connectivity index (χ2v) is 8.72. The van der Waals surface area contributed by atoms with Crippen LogP contribution in [0.3, 0.4) is 0 Å². The molecule has 7 heteroatoms. The fourth-order valence-corrected chi connectivity index (χ4v) is 5.67. The molecule has 1 heterocycles. The van der Waals surface area contributed by atoms with Crippen LogP contribution in [-0.2, 0) is 9.59 Å². The summed E-state index contributed by atoms with van der Waals surface area (Å²) >= 11 is 12.0. The van der Waals surface area contributed by atoms with Gasteiger partial charge < -0.3 is 4.74 Å². The first-order chi connectivity index (χ1) is 14.0. The van der Waals surface area contributed by atoms with Crippen molar-refractivity contribution in [3.05, 3.63) is 58.1 Å². The van der Waals surface area contributed by atoms with Crippen molar-refractivity contribution < 1.29 is 19.1 Å². The Balaban J connectivity index is 1.47. The molecule has 29 heavy (non-hydrogen) atoms. The van der Waals surface area contributed by atoms with E-state index in [2.05, 4.69) is 0 Å². The first-order valence-electron chi connectivity index (χ1n) is 9.60. The predicted molar refractivity (Wildman–Crippen MR) is 108 cm³/mol. The molecule has 0 spiro atoms. The molecule has 3 aliphatic rings. The summed E-state index contributed by atoms with van der Waals surface area (Å²) in [5.41, 5.74) is 0.453. The number of rotatable bonds is 3. The van der Waals surface area contributed by atoms with Gasteiger partial charge in [0.15, 0.2) is 5.75 Å². The summed E-state index contributed by atoms with van der Waals surface area (Å²) in [7, 11) is 0. The maximum absolute atomic E-state index is 13.1. The van der Waals surface area contributed by atoms with E-state index in [0.717, 1.165) is 19.3 Å². The highest BCUT2D eigenvalue weighted by atomic mass is 35.5. The van der Waals surface area contributed by atoms with Crippen LogP contribution in [0, 0.1) is 23.7 Å². The molecule has 1 aliphatic heterocycles. The summed E-state index contributed by atoms with van der Waals surface area (Å²) < 4.78 is 5.54. The molecule has 4 atom stereocenters. The van der Waals surface area contributed by atoms with Crippen molar-refractivity contribution in [3.8, 4) is 5.75 Å². The van der Waals surface area contributed by atoms with Crippen LogP contribution >= 0.6 is 23.2 Å². The monoisotopic (exact) mass is 429 g/mol. The predicted octanol–water partition coefficient (Wildman–Crippen LogP) is 4.75. The van der Waals surface area contributed by atoms with Gasteiger partial charge >= 0.3 is 5.97 Å². The van der Waals surface area contributed by atoms with Crippen LogP contribution in [0.15, 0.2) is 42.5 Å². The van der Waals surface area contributed by atoms with Crippen LogP contribution in [0.25, 0.3) is 0 Å². The fraction of sp³-hybridized carbons (Fsp3) is 0.318.